The lowest BCUT2D eigenvalue weighted by Crippen LogP contribution is -1.95. The fraction of sp³-hybridized carbons (Fsp3) is 0.0256. The van der Waals surface area contributed by atoms with Gasteiger partial charge in [0.05, 0.1) is 22.1 Å². The van der Waals surface area contributed by atoms with Gasteiger partial charge in [-0.25, -0.2) is 0 Å². The maximum atomic E-state index is 3.92. The molecule has 0 fully saturated rings. The number of hydrogen-bond acceptors (Lipinski definition) is 0. The van der Waals surface area contributed by atoms with Gasteiger partial charge in [-0.2, -0.15) is 0 Å². The second kappa shape index (κ2) is 9.39. The summed E-state index contributed by atoms with van der Waals surface area (Å²) in [6, 6.07) is 50.6. The Labute approximate surface area is 239 Å². The van der Waals surface area contributed by atoms with Gasteiger partial charge in [0.1, 0.15) is 0 Å². The Morgan fingerprint density at radius 2 is 0.854 bits per heavy atom. The molecule has 0 aliphatic rings. The maximum absolute atomic E-state index is 3.92. The number of fused-ring (bicyclic) bond motifs is 6. The normalized spacial score (nSPS) is 11.6. The third-order valence-electron chi connectivity index (χ3n) is 8.28. The highest BCUT2D eigenvalue weighted by atomic mass is 15.0. The van der Waals surface area contributed by atoms with E-state index in [1.165, 1.54) is 71.7 Å². The van der Waals surface area contributed by atoms with Crippen LogP contribution in [-0.2, 0) is 6.42 Å². The Hall–Kier alpha value is -5.34. The number of allylic oxidation sites excluding steroid dienone is 1. The summed E-state index contributed by atoms with van der Waals surface area (Å²) < 4.78 is 4.73. The molecule has 0 aliphatic carbocycles. The van der Waals surface area contributed by atoms with E-state index in [0.29, 0.717) is 0 Å². The van der Waals surface area contributed by atoms with E-state index in [1.54, 1.807) is 0 Å². The van der Waals surface area contributed by atoms with Crippen LogP contribution in [0.5, 0.6) is 0 Å². The number of hydrogen-bond donors (Lipinski definition) is 0. The van der Waals surface area contributed by atoms with E-state index in [1.807, 2.05) is 6.08 Å². The smallest absolute Gasteiger partial charge is 0.0541 e. The molecule has 0 amide bonds. The molecule has 2 heterocycles. The molecule has 2 nitrogen and oxygen atoms in total. The zero-order valence-electron chi connectivity index (χ0n) is 22.7. The first-order valence-corrected chi connectivity index (χ1v) is 14.1. The van der Waals surface area contributed by atoms with Crippen LogP contribution in [0.3, 0.4) is 0 Å². The van der Waals surface area contributed by atoms with Crippen LogP contribution in [0.4, 0.5) is 0 Å². The summed E-state index contributed by atoms with van der Waals surface area (Å²) in [5.41, 5.74) is 10.9. The Kier molecular flexibility index (Phi) is 5.39. The highest BCUT2D eigenvalue weighted by Crippen LogP contribution is 2.35. The first kappa shape index (κ1) is 23.5. The van der Waals surface area contributed by atoms with Crippen molar-refractivity contribution in [2.45, 2.75) is 6.42 Å². The van der Waals surface area contributed by atoms with Crippen molar-refractivity contribution < 1.29 is 0 Å². The van der Waals surface area contributed by atoms with Crippen LogP contribution in [0.1, 0.15) is 5.56 Å². The lowest BCUT2D eigenvalue weighted by Gasteiger charge is -2.11. The zero-order chi connectivity index (χ0) is 27.3. The van der Waals surface area contributed by atoms with Gasteiger partial charge in [-0.3, -0.25) is 0 Å². The van der Waals surface area contributed by atoms with Crippen molar-refractivity contribution in [1.82, 2.24) is 9.13 Å². The van der Waals surface area contributed by atoms with Gasteiger partial charge in [-0.05, 0) is 77.7 Å². The molecule has 6 aromatic carbocycles. The molecule has 0 saturated carbocycles. The first-order valence-electron chi connectivity index (χ1n) is 14.1. The monoisotopic (exact) mass is 524 g/mol. The molecule has 0 bridgehead atoms. The summed E-state index contributed by atoms with van der Waals surface area (Å²) in [4.78, 5) is 0. The minimum absolute atomic E-state index is 0.875. The van der Waals surface area contributed by atoms with Crippen molar-refractivity contribution in [3.63, 3.8) is 0 Å². The van der Waals surface area contributed by atoms with Gasteiger partial charge in [0.15, 0.2) is 0 Å². The van der Waals surface area contributed by atoms with Crippen LogP contribution < -0.4 is 0 Å². The van der Waals surface area contributed by atoms with Crippen molar-refractivity contribution in [3.05, 3.63) is 158 Å². The summed E-state index contributed by atoms with van der Waals surface area (Å²) in [5, 5.41) is 5.12. The van der Waals surface area contributed by atoms with Crippen molar-refractivity contribution >= 4 is 43.6 Å². The van der Waals surface area contributed by atoms with Crippen LogP contribution in [-0.4, -0.2) is 9.13 Å². The van der Waals surface area contributed by atoms with Gasteiger partial charge in [0.25, 0.3) is 0 Å². The van der Waals surface area contributed by atoms with E-state index < -0.39 is 0 Å². The van der Waals surface area contributed by atoms with Crippen molar-refractivity contribution in [3.8, 4) is 22.5 Å². The molecule has 0 unspecified atom stereocenters. The number of rotatable bonds is 5. The van der Waals surface area contributed by atoms with Crippen molar-refractivity contribution in [2.75, 3.05) is 0 Å². The highest BCUT2D eigenvalue weighted by Gasteiger charge is 2.14. The van der Waals surface area contributed by atoms with Crippen molar-refractivity contribution in [2.24, 2.45) is 0 Å². The average molecular weight is 525 g/mol. The number of nitrogens with zero attached hydrogens (tertiary/aromatic N) is 2. The molecule has 41 heavy (non-hydrogen) atoms. The molecule has 0 saturated heterocycles. The summed E-state index contributed by atoms with van der Waals surface area (Å²) in [7, 11) is 0. The van der Waals surface area contributed by atoms with Gasteiger partial charge in [-0.1, -0.05) is 91.0 Å². The van der Waals surface area contributed by atoms with Gasteiger partial charge < -0.3 is 9.13 Å². The topological polar surface area (TPSA) is 9.86 Å². The Bertz CT molecular complexity index is 2170. The van der Waals surface area contributed by atoms with E-state index in [4.69, 9.17) is 0 Å². The number of para-hydroxylation sites is 3. The molecular formula is C39H28N2. The molecule has 8 rings (SSSR count). The quantitative estimate of drug-likeness (QED) is 0.198. The fourth-order valence-electron chi connectivity index (χ4n) is 6.40. The SMILES string of the molecule is C=CCc1ccc2c(c1)c1ccccc1n2-c1ccc(-c2ccc(-n3c4ccccc4c4ccccc43)cc2)cc1. The zero-order valence-corrected chi connectivity index (χ0v) is 22.7. The molecule has 0 atom stereocenters. The average Bonchev–Trinajstić information content (AvgIpc) is 3.54. The predicted molar refractivity (Wildman–Crippen MR) is 174 cm³/mol. The maximum Gasteiger partial charge on any atom is 0.0541 e. The third-order valence-corrected chi connectivity index (χ3v) is 8.28. The molecule has 8 aromatic rings. The summed E-state index contributed by atoms with van der Waals surface area (Å²) in [6.45, 7) is 3.92. The van der Waals surface area contributed by atoms with Gasteiger partial charge in [0.2, 0.25) is 0 Å². The van der Waals surface area contributed by atoms with E-state index in [0.717, 1.165) is 6.42 Å². The van der Waals surface area contributed by atoms with Crippen molar-refractivity contribution in [1.29, 1.82) is 0 Å². The summed E-state index contributed by atoms with van der Waals surface area (Å²) in [6.07, 6.45) is 2.84. The van der Waals surface area contributed by atoms with Crippen LogP contribution in [0.15, 0.2) is 152 Å². The largest absolute Gasteiger partial charge is 0.309 e. The summed E-state index contributed by atoms with van der Waals surface area (Å²) >= 11 is 0. The predicted octanol–water partition coefficient (Wildman–Crippen LogP) is 10.3. The number of benzene rings is 6. The Morgan fingerprint density at radius 3 is 1.32 bits per heavy atom. The van der Waals surface area contributed by atoms with Crippen LogP contribution in [0.25, 0.3) is 66.1 Å². The Balaban J connectivity index is 1.18. The highest BCUT2D eigenvalue weighted by molar-refractivity contribution is 6.10. The van der Waals surface area contributed by atoms with E-state index in [9.17, 15) is 0 Å². The van der Waals surface area contributed by atoms with E-state index in [-0.39, 0.29) is 0 Å². The fourth-order valence-corrected chi connectivity index (χ4v) is 6.40. The second-order valence-corrected chi connectivity index (χ2v) is 10.7. The van der Waals surface area contributed by atoms with Crippen LogP contribution >= 0.6 is 0 Å². The molecule has 0 aliphatic heterocycles. The van der Waals surface area contributed by atoms with E-state index >= 15 is 0 Å². The Morgan fingerprint density at radius 1 is 0.439 bits per heavy atom. The molecule has 194 valence electrons. The molecule has 2 heteroatoms. The minimum Gasteiger partial charge on any atom is -0.309 e. The van der Waals surface area contributed by atoms with Crippen LogP contribution in [0.2, 0.25) is 0 Å². The standard InChI is InChI=1S/C39H28N2/c1-2-9-27-16-25-39-35(26-27)34-12-5-8-15-38(34)41(39)31-23-19-29(20-24-31)28-17-21-30(22-18-28)40-36-13-6-3-10-32(36)33-11-4-7-14-37(33)40/h2-8,10-26H,1,9H2. The third kappa shape index (κ3) is 3.72. The van der Waals surface area contributed by atoms with Gasteiger partial charge in [0, 0.05) is 32.9 Å². The van der Waals surface area contributed by atoms with Gasteiger partial charge >= 0.3 is 0 Å². The lowest BCUT2D eigenvalue weighted by molar-refractivity contribution is 1.17. The molecule has 0 N–H and O–H groups in total. The number of aromatic nitrogens is 2. The second-order valence-electron chi connectivity index (χ2n) is 10.7. The molecule has 2 aromatic heterocycles. The first-order chi connectivity index (χ1) is 20.3. The van der Waals surface area contributed by atoms with Gasteiger partial charge in [-0.15, -0.1) is 6.58 Å². The molecule has 0 radical (unpaired) electrons. The molecule has 0 spiro atoms. The van der Waals surface area contributed by atoms with E-state index in [2.05, 4.69) is 155 Å². The van der Waals surface area contributed by atoms with Crippen LogP contribution in [0, 0.1) is 0 Å². The lowest BCUT2D eigenvalue weighted by atomic mass is 10.0. The molecular weight excluding hydrogens is 496 g/mol. The summed E-state index contributed by atoms with van der Waals surface area (Å²) in [5.74, 6) is 0. The minimum atomic E-state index is 0.875.